The van der Waals surface area contributed by atoms with Crippen molar-refractivity contribution in [2.45, 2.75) is 44.6 Å². The third kappa shape index (κ3) is 3.48. The van der Waals surface area contributed by atoms with E-state index in [1.165, 1.54) is 25.7 Å². The van der Waals surface area contributed by atoms with Crippen LogP contribution in [-0.2, 0) is 6.42 Å². The molecule has 19 heavy (non-hydrogen) atoms. The zero-order chi connectivity index (χ0) is 13.7. The molecule has 1 aromatic carbocycles. The summed E-state index contributed by atoms with van der Waals surface area (Å²) in [6, 6.07) is 9.69. The average molecular weight is 258 g/mol. The van der Waals surface area contributed by atoms with Crippen LogP contribution in [0.15, 0.2) is 24.3 Å². The van der Waals surface area contributed by atoms with Crippen molar-refractivity contribution >= 4 is 0 Å². The normalized spacial score (nSPS) is 20.2. The van der Waals surface area contributed by atoms with Crippen molar-refractivity contribution in [3.8, 4) is 11.8 Å². The van der Waals surface area contributed by atoms with E-state index in [9.17, 15) is 10.4 Å². The van der Waals surface area contributed by atoms with Crippen molar-refractivity contribution in [3.63, 3.8) is 0 Å². The Morgan fingerprint density at radius 2 is 1.74 bits per heavy atom. The van der Waals surface area contributed by atoms with E-state index in [1.807, 2.05) is 19.1 Å². The maximum Gasteiger partial charge on any atom is 0.115 e. The topological polar surface area (TPSA) is 47.3 Å². The lowest BCUT2D eigenvalue weighted by atomic mass is 9.92. The van der Waals surface area contributed by atoms with Crippen LogP contribution in [-0.4, -0.2) is 28.6 Å². The molecule has 0 spiro atoms. The Morgan fingerprint density at radius 3 is 2.26 bits per heavy atom. The monoisotopic (exact) mass is 258 g/mol. The van der Waals surface area contributed by atoms with Gasteiger partial charge in [-0.05, 0) is 50.6 Å². The van der Waals surface area contributed by atoms with Gasteiger partial charge in [-0.3, -0.25) is 4.90 Å². The highest BCUT2D eigenvalue weighted by atomic mass is 16.3. The van der Waals surface area contributed by atoms with E-state index in [2.05, 4.69) is 11.0 Å². The van der Waals surface area contributed by atoms with Crippen LogP contribution in [0.1, 0.15) is 38.2 Å². The number of nitrogens with zero attached hydrogens (tertiary/aromatic N) is 2. The van der Waals surface area contributed by atoms with Crippen LogP contribution in [0.4, 0.5) is 0 Å². The summed E-state index contributed by atoms with van der Waals surface area (Å²) in [5.74, 6) is 0.275. The van der Waals surface area contributed by atoms with Gasteiger partial charge >= 0.3 is 0 Å². The van der Waals surface area contributed by atoms with E-state index in [0.29, 0.717) is 6.42 Å². The zero-order valence-corrected chi connectivity index (χ0v) is 11.6. The van der Waals surface area contributed by atoms with Crippen LogP contribution in [0.5, 0.6) is 5.75 Å². The third-order valence-corrected chi connectivity index (χ3v) is 4.03. The Bertz CT molecular complexity index is 441. The summed E-state index contributed by atoms with van der Waals surface area (Å²) in [6.45, 7) is 4.06. The molecule has 0 radical (unpaired) electrons. The van der Waals surface area contributed by atoms with E-state index in [-0.39, 0.29) is 5.75 Å². The third-order valence-electron chi connectivity index (χ3n) is 4.03. The van der Waals surface area contributed by atoms with Crippen LogP contribution in [0.3, 0.4) is 0 Å². The smallest absolute Gasteiger partial charge is 0.115 e. The van der Waals surface area contributed by atoms with Gasteiger partial charge in [0.1, 0.15) is 11.3 Å². The number of rotatable bonds is 3. The van der Waals surface area contributed by atoms with E-state index in [4.69, 9.17) is 0 Å². The van der Waals surface area contributed by atoms with Crippen LogP contribution >= 0.6 is 0 Å². The van der Waals surface area contributed by atoms with Crippen molar-refractivity contribution in [1.29, 1.82) is 5.26 Å². The molecule has 1 N–H and O–H groups in total. The van der Waals surface area contributed by atoms with Crippen molar-refractivity contribution in [2.24, 2.45) is 0 Å². The summed E-state index contributed by atoms with van der Waals surface area (Å²) in [6.07, 6.45) is 5.64. The van der Waals surface area contributed by atoms with Crippen molar-refractivity contribution in [3.05, 3.63) is 29.8 Å². The highest BCUT2D eigenvalue weighted by Gasteiger charge is 2.32. The largest absolute Gasteiger partial charge is 0.508 e. The Balaban J connectivity index is 2.12. The summed E-state index contributed by atoms with van der Waals surface area (Å²) in [5, 5.41) is 18.9. The molecule has 1 unspecified atom stereocenters. The second-order valence-corrected chi connectivity index (χ2v) is 5.63. The maximum absolute atomic E-state index is 9.60. The minimum atomic E-state index is -0.443. The van der Waals surface area contributed by atoms with Gasteiger partial charge in [0, 0.05) is 6.42 Å². The fourth-order valence-electron chi connectivity index (χ4n) is 2.80. The SMILES string of the molecule is CC(C#N)(Cc1ccc(O)cc1)N1CCCCCC1. The number of nitriles is 1. The summed E-state index contributed by atoms with van der Waals surface area (Å²) in [7, 11) is 0. The lowest BCUT2D eigenvalue weighted by molar-refractivity contribution is 0.157. The molecule has 1 aliphatic rings. The molecule has 1 aromatic rings. The van der Waals surface area contributed by atoms with Gasteiger partial charge in [0.25, 0.3) is 0 Å². The molecule has 0 aromatic heterocycles. The van der Waals surface area contributed by atoms with Crippen LogP contribution in [0.2, 0.25) is 0 Å². The number of hydrogen-bond acceptors (Lipinski definition) is 3. The van der Waals surface area contributed by atoms with E-state index in [0.717, 1.165) is 18.7 Å². The van der Waals surface area contributed by atoms with Crippen LogP contribution in [0, 0.1) is 11.3 Å². The summed E-state index contributed by atoms with van der Waals surface area (Å²) >= 11 is 0. The van der Waals surface area contributed by atoms with Crippen molar-refractivity contribution in [2.75, 3.05) is 13.1 Å². The maximum atomic E-state index is 9.60. The average Bonchev–Trinajstić information content (AvgIpc) is 2.71. The first-order valence-corrected chi connectivity index (χ1v) is 7.08. The molecule has 0 bridgehead atoms. The Hall–Kier alpha value is -1.53. The number of likely N-dealkylation sites (tertiary alicyclic amines) is 1. The van der Waals surface area contributed by atoms with E-state index in [1.54, 1.807) is 12.1 Å². The molecular weight excluding hydrogens is 236 g/mol. The molecule has 1 atom stereocenters. The first kappa shape index (κ1) is 13.9. The van der Waals surface area contributed by atoms with Crippen molar-refractivity contribution < 1.29 is 5.11 Å². The lowest BCUT2D eigenvalue weighted by Crippen LogP contribution is -2.47. The predicted molar refractivity (Wildman–Crippen MR) is 75.9 cm³/mol. The summed E-state index contributed by atoms with van der Waals surface area (Å²) in [4.78, 5) is 2.33. The Morgan fingerprint density at radius 1 is 1.16 bits per heavy atom. The first-order valence-electron chi connectivity index (χ1n) is 7.08. The molecule has 0 saturated carbocycles. The van der Waals surface area contributed by atoms with Gasteiger partial charge in [-0.15, -0.1) is 0 Å². The van der Waals surface area contributed by atoms with Gasteiger partial charge in [0.05, 0.1) is 6.07 Å². The van der Waals surface area contributed by atoms with Crippen molar-refractivity contribution in [1.82, 2.24) is 4.90 Å². The molecule has 0 aliphatic carbocycles. The summed E-state index contributed by atoms with van der Waals surface area (Å²) < 4.78 is 0. The fourth-order valence-corrected chi connectivity index (χ4v) is 2.80. The van der Waals surface area contributed by atoms with Gasteiger partial charge in [-0.25, -0.2) is 0 Å². The predicted octanol–water partition coefficient (Wildman–Crippen LogP) is 3.09. The molecule has 1 aliphatic heterocycles. The second-order valence-electron chi connectivity index (χ2n) is 5.63. The first-order chi connectivity index (χ1) is 9.14. The molecule has 102 valence electrons. The standard InChI is InChI=1S/C16H22N2O/c1-16(13-17,18-10-4-2-3-5-11-18)12-14-6-8-15(19)9-7-14/h6-9,19H,2-5,10-12H2,1H3. The molecule has 1 heterocycles. The summed E-state index contributed by atoms with van der Waals surface area (Å²) in [5.41, 5.74) is 0.660. The minimum absolute atomic E-state index is 0.275. The van der Waals surface area contributed by atoms with Crippen LogP contribution in [0.25, 0.3) is 0 Å². The molecule has 3 nitrogen and oxygen atoms in total. The number of phenols is 1. The van der Waals surface area contributed by atoms with Gasteiger partial charge in [-0.1, -0.05) is 25.0 Å². The van der Waals surface area contributed by atoms with Gasteiger partial charge in [0.2, 0.25) is 0 Å². The number of aromatic hydroxyl groups is 1. The van der Waals surface area contributed by atoms with Gasteiger partial charge < -0.3 is 5.11 Å². The molecule has 1 saturated heterocycles. The number of benzene rings is 1. The van der Waals surface area contributed by atoms with E-state index < -0.39 is 5.54 Å². The molecule has 1 fully saturated rings. The molecule has 2 rings (SSSR count). The molecule has 3 heteroatoms. The molecule has 0 amide bonds. The highest BCUT2D eigenvalue weighted by molar-refractivity contribution is 5.28. The van der Waals surface area contributed by atoms with Crippen LogP contribution < -0.4 is 0 Å². The van der Waals surface area contributed by atoms with E-state index >= 15 is 0 Å². The van der Waals surface area contributed by atoms with Gasteiger partial charge in [-0.2, -0.15) is 5.26 Å². The fraction of sp³-hybridized carbons (Fsp3) is 0.562. The minimum Gasteiger partial charge on any atom is -0.508 e. The second kappa shape index (κ2) is 6.08. The number of phenolic OH excluding ortho intramolecular Hbond substituents is 1. The quantitative estimate of drug-likeness (QED) is 0.906. The highest BCUT2D eigenvalue weighted by Crippen LogP contribution is 2.24. The number of hydrogen-bond donors (Lipinski definition) is 1. The molecular formula is C16H22N2O. The van der Waals surface area contributed by atoms with Gasteiger partial charge in [0.15, 0.2) is 0 Å². The Labute approximate surface area is 115 Å². The lowest BCUT2D eigenvalue weighted by Gasteiger charge is -2.35. The zero-order valence-electron chi connectivity index (χ0n) is 11.6. The Kier molecular flexibility index (Phi) is 4.44.